The largest absolute Gasteiger partial charge is 0.330 e. The fraction of sp³-hybridized carbons (Fsp3) is 0.250. The molecule has 2 nitrogen and oxygen atoms in total. The molecule has 3 heteroatoms. The van der Waals surface area contributed by atoms with Crippen LogP contribution in [-0.4, -0.2) is 13.1 Å². The molecule has 0 spiro atoms. The number of rotatable bonds is 8. The van der Waals surface area contributed by atoms with E-state index in [-0.39, 0.29) is 5.41 Å². The predicted octanol–water partition coefficient (Wildman–Crippen LogP) is 3.86. The van der Waals surface area contributed by atoms with E-state index >= 15 is 0 Å². The molecule has 3 aromatic carbocycles. The third-order valence-electron chi connectivity index (χ3n) is 5.05. The van der Waals surface area contributed by atoms with E-state index in [9.17, 15) is 0 Å². The van der Waals surface area contributed by atoms with E-state index in [1.807, 2.05) is 0 Å². The van der Waals surface area contributed by atoms with Gasteiger partial charge < -0.3 is 5.73 Å². The summed E-state index contributed by atoms with van der Waals surface area (Å²) < 4.78 is 0. The van der Waals surface area contributed by atoms with Gasteiger partial charge in [-0.25, -0.2) is 0 Å². The molecule has 0 aliphatic heterocycles. The summed E-state index contributed by atoms with van der Waals surface area (Å²) in [6.45, 7) is 6.21. The van der Waals surface area contributed by atoms with E-state index in [0.29, 0.717) is 6.54 Å². The highest BCUT2D eigenvalue weighted by molar-refractivity contribution is 7.94. The predicted molar refractivity (Wildman–Crippen MR) is 121 cm³/mol. The van der Waals surface area contributed by atoms with E-state index < -0.39 is 7.41 Å². The Balaban J connectivity index is 2.17. The Bertz CT molecular complexity index is 720. The van der Waals surface area contributed by atoms with Crippen LogP contribution in [0.25, 0.3) is 0 Å². The molecule has 0 heterocycles. The van der Waals surface area contributed by atoms with Crippen molar-refractivity contribution in [2.75, 3.05) is 13.1 Å². The normalized spacial score (nSPS) is 12.1. The third kappa shape index (κ3) is 4.47. The van der Waals surface area contributed by atoms with Crippen molar-refractivity contribution in [2.24, 2.45) is 11.1 Å². The Labute approximate surface area is 164 Å². The zero-order chi connectivity index (χ0) is 19.2. The van der Waals surface area contributed by atoms with Crippen LogP contribution in [0.3, 0.4) is 0 Å². The van der Waals surface area contributed by atoms with Crippen molar-refractivity contribution >= 4 is 23.3 Å². The highest BCUT2D eigenvalue weighted by Gasteiger charge is 2.46. The summed E-state index contributed by atoms with van der Waals surface area (Å²) in [6, 6.07) is 32.7. The van der Waals surface area contributed by atoms with Crippen molar-refractivity contribution in [3.63, 3.8) is 0 Å². The number of nitrogens with two attached hydrogens (primary N) is 1. The first-order valence-electron chi connectivity index (χ1n) is 9.60. The van der Waals surface area contributed by atoms with Crippen LogP contribution in [-0.2, 0) is 0 Å². The van der Waals surface area contributed by atoms with Crippen molar-refractivity contribution in [1.29, 1.82) is 0 Å². The zero-order valence-electron chi connectivity index (χ0n) is 16.3. The van der Waals surface area contributed by atoms with Crippen LogP contribution in [0.15, 0.2) is 91.0 Å². The first kappa shape index (κ1) is 19.8. The van der Waals surface area contributed by atoms with Crippen molar-refractivity contribution < 1.29 is 0 Å². The Morgan fingerprint density at radius 1 is 0.704 bits per heavy atom. The van der Waals surface area contributed by atoms with E-state index in [4.69, 9.17) is 5.73 Å². The average molecular weight is 377 g/mol. The van der Waals surface area contributed by atoms with Gasteiger partial charge in [0.15, 0.2) is 7.41 Å². The molecule has 27 heavy (non-hydrogen) atoms. The van der Waals surface area contributed by atoms with Gasteiger partial charge in [-0.15, -0.1) is 0 Å². The number of hydrogen-bond acceptors (Lipinski definition) is 2. The summed E-state index contributed by atoms with van der Waals surface area (Å²) >= 11 is 0. The van der Waals surface area contributed by atoms with Gasteiger partial charge in [-0.1, -0.05) is 68.4 Å². The quantitative estimate of drug-likeness (QED) is 0.585. The van der Waals surface area contributed by atoms with E-state index in [1.54, 1.807) is 0 Å². The summed E-state index contributed by atoms with van der Waals surface area (Å²) in [6.07, 6.45) is 0.998. The Morgan fingerprint density at radius 3 is 1.41 bits per heavy atom. The average Bonchev–Trinajstić information content (AvgIpc) is 2.71. The fourth-order valence-electron chi connectivity index (χ4n) is 3.49. The van der Waals surface area contributed by atoms with E-state index in [1.165, 1.54) is 15.9 Å². The summed E-state index contributed by atoms with van der Waals surface area (Å²) in [5.41, 5.74) is 6.01. The van der Waals surface area contributed by atoms with E-state index in [2.05, 4.69) is 110 Å². The van der Waals surface area contributed by atoms with Gasteiger partial charge in [0, 0.05) is 6.54 Å². The van der Waals surface area contributed by atoms with Gasteiger partial charge in [0.1, 0.15) is 15.9 Å². The van der Waals surface area contributed by atoms with Gasteiger partial charge in [-0.2, -0.15) is 5.09 Å². The van der Waals surface area contributed by atoms with Crippen molar-refractivity contribution in [3.05, 3.63) is 91.0 Å². The molecule has 3 N–H and O–H groups in total. The van der Waals surface area contributed by atoms with Gasteiger partial charge in [0.25, 0.3) is 0 Å². The van der Waals surface area contributed by atoms with Crippen LogP contribution in [0.5, 0.6) is 0 Å². The van der Waals surface area contributed by atoms with Crippen LogP contribution in [0.4, 0.5) is 0 Å². The number of nitrogens with one attached hydrogen (secondary N) is 1. The molecule has 3 rings (SSSR count). The minimum Gasteiger partial charge on any atom is -0.330 e. The molecule has 0 bridgehead atoms. The van der Waals surface area contributed by atoms with Crippen LogP contribution >= 0.6 is 7.41 Å². The minimum atomic E-state index is -1.96. The lowest BCUT2D eigenvalue weighted by molar-refractivity contribution is 0.343. The highest BCUT2D eigenvalue weighted by Crippen LogP contribution is 2.51. The lowest BCUT2D eigenvalue weighted by Crippen LogP contribution is -2.44. The molecule has 0 radical (unpaired) electrons. The van der Waals surface area contributed by atoms with Gasteiger partial charge in [-0.3, -0.25) is 0 Å². The second-order valence-corrected chi connectivity index (χ2v) is 10.9. The molecule has 0 unspecified atom stereocenters. The maximum Gasteiger partial charge on any atom is 0.178 e. The first-order valence-corrected chi connectivity index (χ1v) is 11.4. The summed E-state index contributed by atoms with van der Waals surface area (Å²) in [5, 5.41) is 8.12. The monoisotopic (exact) mass is 377 g/mol. The lowest BCUT2D eigenvalue weighted by Gasteiger charge is -2.32. The van der Waals surface area contributed by atoms with Crippen LogP contribution in [0.2, 0.25) is 0 Å². The summed E-state index contributed by atoms with van der Waals surface area (Å²) in [4.78, 5) is 0. The molecule has 0 aliphatic carbocycles. The summed E-state index contributed by atoms with van der Waals surface area (Å²) in [7, 11) is -1.96. The minimum absolute atomic E-state index is 0.137. The maximum atomic E-state index is 5.87. The standard InChI is InChI=1S/C24H30N2P/c1-24(2,18-19-25)20-26-27(21-12-6-3-7-13-21,22-14-8-4-9-15-22)23-16-10-5-11-17-23/h3-17,26H,18-20,25H2,1-2H3/q+1. The molecule has 0 aliphatic rings. The second kappa shape index (κ2) is 8.80. The molecule has 0 fully saturated rings. The number of benzene rings is 3. The molecule has 0 saturated heterocycles. The Hall–Kier alpha value is -1.99. The van der Waals surface area contributed by atoms with E-state index in [0.717, 1.165) is 13.0 Å². The molecule has 0 amide bonds. The second-order valence-electron chi connectivity index (χ2n) is 7.72. The molecule has 0 aromatic heterocycles. The topological polar surface area (TPSA) is 38.0 Å². The third-order valence-corrected chi connectivity index (χ3v) is 8.90. The highest BCUT2D eigenvalue weighted by atomic mass is 31.2. The fourth-order valence-corrected chi connectivity index (χ4v) is 7.45. The lowest BCUT2D eigenvalue weighted by atomic mass is 9.90. The van der Waals surface area contributed by atoms with Crippen LogP contribution < -0.4 is 26.7 Å². The molecule has 3 aromatic rings. The Morgan fingerprint density at radius 2 is 1.07 bits per heavy atom. The maximum absolute atomic E-state index is 5.87. The van der Waals surface area contributed by atoms with Crippen LogP contribution in [0.1, 0.15) is 20.3 Å². The van der Waals surface area contributed by atoms with Gasteiger partial charge >= 0.3 is 0 Å². The van der Waals surface area contributed by atoms with Crippen molar-refractivity contribution in [1.82, 2.24) is 5.09 Å². The van der Waals surface area contributed by atoms with Gasteiger partial charge in [0.05, 0.1) is 0 Å². The molecule has 140 valence electrons. The molecule has 0 saturated carbocycles. The Kier molecular flexibility index (Phi) is 6.44. The first-order chi connectivity index (χ1) is 13.1. The SMILES string of the molecule is CC(C)(CCN)CN[P+](c1ccccc1)(c1ccccc1)c1ccccc1. The number of hydrogen-bond donors (Lipinski definition) is 2. The molecule has 0 atom stereocenters. The van der Waals surface area contributed by atoms with Crippen molar-refractivity contribution in [3.8, 4) is 0 Å². The molecular formula is C24H30N2P+. The van der Waals surface area contributed by atoms with Crippen molar-refractivity contribution in [2.45, 2.75) is 20.3 Å². The smallest absolute Gasteiger partial charge is 0.178 e. The van der Waals surface area contributed by atoms with Gasteiger partial charge in [-0.05, 0) is 54.8 Å². The zero-order valence-corrected chi connectivity index (χ0v) is 17.2. The van der Waals surface area contributed by atoms with Crippen LogP contribution in [0, 0.1) is 5.41 Å². The summed E-state index contributed by atoms with van der Waals surface area (Å²) in [5.74, 6) is 0. The van der Waals surface area contributed by atoms with Gasteiger partial charge in [0.2, 0.25) is 0 Å². The molecular weight excluding hydrogens is 347 g/mol.